The van der Waals surface area contributed by atoms with Crippen LogP contribution in [-0.2, 0) is 9.53 Å². The van der Waals surface area contributed by atoms with Gasteiger partial charge in [-0.05, 0) is 25.8 Å². The summed E-state index contributed by atoms with van der Waals surface area (Å²) in [7, 11) is 0. The Kier molecular flexibility index (Phi) is 8.57. The van der Waals surface area contributed by atoms with Crippen LogP contribution in [0.2, 0.25) is 0 Å². The first kappa shape index (κ1) is 13.4. The number of carbonyl (C=O) groups is 1. The zero-order valence-corrected chi connectivity index (χ0v) is 9.08. The van der Waals surface area contributed by atoms with Gasteiger partial charge in [0.25, 0.3) is 0 Å². The summed E-state index contributed by atoms with van der Waals surface area (Å²) in [6.45, 7) is 5.64. The van der Waals surface area contributed by atoms with E-state index in [2.05, 4.69) is 19.2 Å². The molecule has 14 heavy (non-hydrogen) atoms. The minimum Gasteiger partial charge on any atom is -0.480 e. The van der Waals surface area contributed by atoms with Gasteiger partial charge in [-0.25, -0.2) is 4.79 Å². The fourth-order valence-corrected chi connectivity index (χ4v) is 1.06. The molecule has 0 heterocycles. The second-order valence-electron chi connectivity index (χ2n) is 3.62. The van der Waals surface area contributed by atoms with E-state index in [0.717, 1.165) is 25.8 Å². The number of ether oxygens (including phenoxy) is 1. The average Bonchev–Trinajstić information content (AvgIpc) is 2.08. The molecule has 0 aliphatic carbocycles. The van der Waals surface area contributed by atoms with Crippen LogP contribution in [0.3, 0.4) is 0 Å². The van der Waals surface area contributed by atoms with Crippen LogP contribution < -0.4 is 5.32 Å². The number of carboxylic acid groups (broad SMARTS) is 1. The summed E-state index contributed by atoms with van der Waals surface area (Å²) in [6, 6.07) is 0.540. The largest absolute Gasteiger partial charge is 0.480 e. The highest BCUT2D eigenvalue weighted by Gasteiger charge is 1.96. The Morgan fingerprint density at radius 2 is 2.07 bits per heavy atom. The van der Waals surface area contributed by atoms with Gasteiger partial charge in [0, 0.05) is 12.6 Å². The van der Waals surface area contributed by atoms with Crippen molar-refractivity contribution in [1.29, 1.82) is 0 Å². The number of rotatable bonds is 9. The van der Waals surface area contributed by atoms with Crippen LogP contribution in [-0.4, -0.2) is 36.9 Å². The van der Waals surface area contributed by atoms with Gasteiger partial charge in [-0.15, -0.1) is 0 Å². The third kappa shape index (κ3) is 11.4. The van der Waals surface area contributed by atoms with Crippen LogP contribution in [0, 0.1) is 0 Å². The molecule has 84 valence electrons. The SMILES string of the molecule is CC(C)NCCCCCOCC(=O)O. The number of hydrogen-bond donors (Lipinski definition) is 2. The van der Waals surface area contributed by atoms with Gasteiger partial charge in [0.2, 0.25) is 0 Å². The average molecular weight is 203 g/mol. The van der Waals surface area contributed by atoms with E-state index in [1.807, 2.05) is 0 Å². The molecule has 0 radical (unpaired) electrons. The molecule has 0 aromatic heterocycles. The molecular weight excluding hydrogens is 182 g/mol. The summed E-state index contributed by atoms with van der Waals surface area (Å²) in [4.78, 5) is 10.1. The Bertz CT molecular complexity index is 148. The normalized spacial score (nSPS) is 10.8. The number of aliphatic carboxylic acids is 1. The van der Waals surface area contributed by atoms with Crippen molar-refractivity contribution < 1.29 is 14.6 Å². The maximum Gasteiger partial charge on any atom is 0.329 e. The first-order chi connectivity index (χ1) is 6.63. The topological polar surface area (TPSA) is 58.6 Å². The lowest BCUT2D eigenvalue weighted by Gasteiger charge is -2.07. The van der Waals surface area contributed by atoms with Gasteiger partial charge in [-0.2, -0.15) is 0 Å². The van der Waals surface area contributed by atoms with Gasteiger partial charge in [-0.3, -0.25) is 0 Å². The molecule has 0 saturated carbocycles. The number of carboxylic acids is 1. The maximum atomic E-state index is 10.1. The predicted molar refractivity (Wildman–Crippen MR) is 55.4 cm³/mol. The van der Waals surface area contributed by atoms with Crippen molar-refractivity contribution in [1.82, 2.24) is 5.32 Å². The van der Waals surface area contributed by atoms with Gasteiger partial charge < -0.3 is 15.2 Å². The molecule has 0 aromatic rings. The van der Waals surface area contributed by atoms with E-state index in [0.29, 0.717) is 12.6 Å². The maximum absolute atomic E-state index is 10.1. The molecule has 4 heteroatoms. The van der Waals surface area contributed by atoms with E-state index in [1.165, 1.54) is 0 Å². The third-order valence-corrected chi connectivity index (χ3v) is 1.74. The lowest BCUT2D eigenvalue weighted by molar-refractivity contribution is -0.142. The molecule has 0 atom stereocenters. The molecule has 0 aliphatic rings. The zero-order chi connectivity index (χ0) is 10.8. The molecule has 0 unspecified atom stereocenters. The number of nitrogens with one attached hydrogen (secondary N) is 1. The molecule has 4 nitrogen and oxygen atoms in total. The molecule has 0 rings (SSSR count). The van der Waals surface area contributed by atoms with Crippen LogP contribution >= 0.6 is 0 Å². The van der Waals surface area contributed by atoms with Crippen molar-refractivity contribution >= 4 is 5.97 Å². The van der Waals surface area contributed by atoms with Crippen molar-refractivity contribution in [3.8, 4) is 0 Å². The first-order valence-corrected chi connectivity index (χ1v) is 5.16. The van der Waals surface area contributed by atoms with Crippen molar-refractivity contribution in [3.63, 3.8) is 0 Å². The fraction of sp³-hybridized carbons (Fsp3) is 0.900. The van der Waals surface area contributed by atoms with Crippen LogP contribution in [0.4, 0.5) is 0 Å². The van der Waals surface area contributed by atoms with Crippen LogP contribution in [0.25, 0.3) is 0 Å². The zero-order valence-electron chi connectivity index (χ0n) is 9.08. The van der Waals surface area contributed by atoms with E-state index in [-0.39, 0.29) is 6.61 Å². The lowest BCUT2D eigenvalue weighted by Crippen LogP contribution is -2.23. The summed E-state index contributed by atoms with van der Waals surface area (Å²) < 4.78 is 4.90. The van der Waals surface area contributed by atoms with Gasteiger partial charge in [0.15, 0.2) is 0 Å². The molecule has 0 aromatic carbocycles. The monoisotopic (exact) mass is 203 g/mol. The molecule has 0 spiro atoms. The lowest BCUT2D eigenvalue weighted by atomic mass is 10.2. The molecule has 0 fully saturated rings. The Balaban J connectivity index is 2.96. The Morgan fingerprint density at radius 3 is 2.64 bits per heavy atom. The summed E-state index contributed by atoms with van der Waals surface area (Å²) in [5.41, 5.74) is 0. The second kappa shape index (κ2) is 8.97. The van der Waals surface area contributed by atoms with E-state index in [1.54, 1.807) is 0 Å². The molecule has 0 aliphatic heterocycles. The van der Waals surface area contributed by atoms with Gasteiger partial charge in [-0.1, -0.05) is 13.8 Å². The first-order valence-electron chi connectivity index (χ1n) is 5.16. The molecule has 0 amide bonds. The summed E-state index contributed by atoms with van der Waals surface area (Å²) in [6.07, 6.45) is 3.14. The van der Waals surface area contributed by atoms with Crippen molar-refractivity contribution in [2.45, 2.75) is 39.2 Å². The standard InChI is InChI=1S/C10H21NO3/c1-9(2)11-6-4-3-5-7-14-8-10(12)13/h9,11H,3-8H2,1-2H3,(H,12,13). The molecule has 0 saturated heterocycles. The summed E-state index contributed by atoms with van der Waals surface area (Å²) in [5.74, 6) is -0.897. The van der Waals surface area contributed by atoms with E-state index in [9.17, 15) is 4.79 Å². The molecule has 0 bridgehead atoms. The van der Waals surface area contributed by atoms with E-state index < -0.39 is 5.97 Å². The van der Waals surface area contributed by atoms with E-state index >= 15 is 0 Å². The number of unbranched alkanes of at least 4 members (excludes halogenated alkanes) is 2. The molecular formula is C10H21NO3. The minimum atomic E-state index is -0.897. The highest BCUT2D eigenvalue weighted by atomic mass is 16.5. The summed E-state index contributed by atoms with van der Waals surface area (Å²) >= 11 is 0. The Hall–Kier alpha value is -0.610. The van der Waals surface area contributed by atoms with Crippen molar-refractivity contribution in [3.05, 3.63) is 0 Å². The van der Waals surface area contributed by atoms with Crippen LogP contribution in [0.5, 0.6) is 0 Å². The quantitative estimate of drug-likeness (QED) is 0.554. The smallest absolute Gasteiger partial charge is 0.329 e. The number of hydrogen-bond acceptors (Lipinski definition) is 3. The van der Waals surface area contributed by atoms with Crippen molar-refractivity contribution in [2.24, 2.45) is 0 Å². The Morgan fingerprint density at radius 1 is 1.36 bits per heavy atom. The second-order valence-corrected chi connectivity index (χ2v) is 3.62. The summed E-state index contributed by atoms with van der Waals surface area (Å²) in [5, 5.41) is 11.6. The highest BCUT2D eigenvalue weighted by Crippen LogP contribution is 1.95. The van der Waals surface area contributed by atoms with Crippen LogP contribution in [0.15, 0.2) is 0 Å². The van der Waals surface area contributed by atoms with Crippen molar-refractivity contribution in [2.75, 3.05) is 19.8 Å². The highest BCUT2D eigenvalue weighted by molar-refractivity contribution is 5.67. The minimum absolute atomic E-state index is 0.176. The van der Waals surface area contributed by atoms with Gasteiger partial charge in [0.1, 0.15) is 6.61 Å². The van der Waals surface area contributed by atoms with E-state index in [4.69, 9.17) is 9.84 Å². The van der Waals surface area contributed by atoms with Crippen LogP contribution in [0.1, 0.15) is 33.1 Å². The Labute approximate surface area is 85.6 Å². The molecule has 2 N–H and O–H groups in total. The van der Waals surface area contributed by atoms with Gasteiger partial charge in [0.05, 0.1) is 0 Å². The van der Waals surface area contributed by atoms with Gasteiger partial charge >= 0.3 is 5.97 Å². The third-order valence-electron chi connectivity index (χ3n) is 1.74. The predicted octanol–water partition coefficient (Wildman–Crippen LogP) is 1.26. The fourth-order valence-electron chi connectivity index (χ4n) is 1.06.